The van der Waals surface area contributed by atoms with E-state index in [2.05, 4.69) is 27.4 Å². The summed E-state index contributed by atoms with van der Waals surface area (Å²) in [4.78, 5) is 0. The minimum Gasteiger partial charge on any atom is -0.343 e. The van der Waals surface area contributed by atoms with Crippen LogP contribution in [-0.2, 0) is 10.4 Å². The Kier molecular flexibility index (Phi) is 52.8. The number of allylic oxidation sites excluding steroid dienone is 1. The zero-order valence-electron chi connectivity index (χ0n) is 18.6. The third-order valence-corrected chi connectivity index (χ3v) is 3.16. The van der Waals surface area contributed by atoms with Gasteiger partial charge in [-0.2, -0.15) is 14.8 Å². The maximum Gasteiger partial charge on any atom is 1.00 e. The van der Waals surface area contributed by atoms with Gasteiger partial charge in [-0.1, -0.05) is 90.6 Å². The molecular weight excluding hydrogens is 373 g/mol. The molecule has 0 amide bonds. The van der Waals surface area contributed by atoms with E-state index in [1.807, 2.05) is 6.92 Å². The molecule has 162 valence electrons. The van der Waals surface area contributed by atoms with Crippen molar-refractivity contribution >= 4 is 10.4 Å². The molecule has 4 N–H and O–H groups in total. The summed E-state index contributed by atoms with van der Waals surface area (Å²) in [5.74, 6) is 0. The average Bonchev–Trinajstić information content (AvgIpc) is 2.55. The van der Waals surface area contributed by atoms with E-state index in [0.29, 0.717) is 0 Å². The molecule has 0 radical (unpaired) electrons. The fraction of sp³-hybridized carbons (Fsp3) is 0.850. The fourth-order valence-corrected chi connectivity index (χ4v) is 1.88. The molecule has 0 aromatic carbocycles. The van der Waals surface area contributed by atoms with Crippen molar-refractivity contribution in [2.45, 2.75) is 104 Å². The molecule has 0 rings (SSSR count). The first-order chi connectivity index (χ1) is 12.2. The summed E-state index contributed by atoms with van der Waals surface area (Å²) in [6.45, 7) is 14.4. The minimum absolute atomic E-state index is 0. The standard InChI is InChI=1S/C12H25.C5H13N.C3H6.Na.H2O4S/c1-3-5-7-9-11-12-10-8-6-4-2;1-2-3-4-5-6;1-3-2;;1-5(2,3)4/h1,3-12H2,2H3;2-6H2,1H3;3H,1H2,2H3;;(H2,1,2,3,4)/q-1;;;+1;. The van der Waals surface area contributed by atoms with Gasteiger partial charge >= 0.3 is 40.0 Å². The third-order valence-electron chi connectivity index (χ3n) is 3.16. The van der Waals surface area contributed by atoms with Gasteiger partial charge in [-0.15, -0.1) is 6.58 Å². The van der Waals surface area contributed by atoms with E-state index in [4.69, 9.17) is 23.3 Å². The van der Waals surface area contributed by atoms with E-state index in [-0.39, 0.29) is 29.6 Å². The van der Waals surface area contributed by atoms with Gasteiger partial charge in [0.1, 0.15) is 0 Å². The number of hydrogen-bond acceptors (Lipinski definition) is 3. The predicted molar refractivity (Wildman–Crippen MR) is 116 cm³/mol. The second-order valence-corrected chi connectivity index (χ2v) is 6.93. The van der Waals surface area contributed by atoms with E-state index in [9.17, 15) is 0 Å². The van der Waals surface area contributed by atoms with Crippen LogP contribution in [0.25, 0.3) is 0 Å². The SMILES string of the molecule is C=CC.CCCCCN.O=S(=O)(O)O.[CH2-]CCCCCCCCCCC.[Na+]. The van der Waals surface area contributed by atoms with Gasteiger partial charge in [-0.25, -0.2) is 0 Å². The van der Waals surface area contributed by atoms with Crippen molar-refractivity contribution < 1.29 is 47.1 Å². The fourth-order valence-electron chi connectivity index (χ4n) is 1.88. The Hall–Kier alpha value is 0.570. The molecule has 0 aliphatic carbocycles. The van der Waals surface area contributed by atoms with E-state index < -0.39 is 10.4 Å². The second kappa shape index (κ2) is 37.3. The molecule has 0 saturated heterocycles. The summed E-state index contributed by atoms with van der Waals surface area (Å²) in [6.07, 6.45) is 19.4. The van der Waals surface area contributed by atoms with Crippen LogP contribution in [0.4, 0.5) is 0 Å². The molecular formula is C20H46NNaO4S. The molecule has 0 heterocycles. The van der Waals surface area contributed by atoms with E-state index >= 15 is 0 Å². The molecule has 5 nitrogen and oxygen atoms in total. The van der Waals surface area contributed by atoms with Crippen molar-refractivity contribution in [3.05, 3.63) is 19.6 Å². The quantitative estimate of drug-likeness (QED) is 0.148. The summed E-state index contributed by atoms with van der Waals surface area (Å²) in [6, 6.07) is 0. The molecule has 7 heteroatoms. The Morgan fingerprint density at radius 3 is 1.33 bits per heavy atom. The topological polar surface area (TPSA) is 101 Å². The van der Waals surface area contributed by atoms with Gasteiger partial charge in [-0.3, -0.25) is 9.11 Å². The zero-order valence-corrected chi connectivity index (χ0v) is 21.4. The first-order valence-corrected chi connectivity index (χ1v) is 11.4. The van der Waals surface area contributed by atoms with Crippen LogP contribution in [0.2, 0.25) is 0 Å². The molecule has 0 atom stereocenters. The third kappa shape index (κ3) is 102. The monoisotopic (exact) mass is 419 g/mol. The van der Waals surface area contributed by atoms with Crippen LogP contribution in [0, 0.1) is 6.92 Å². The van der Waals surface area contributed by atoms with Crippen molar-refractivity contribution in [3.8, 4) is 0 Å². The smallest absolute Gasteiger partial charge is 0.343 e. The van der Waals surface area contributed by atoms with Crippen LogP contribution in [0.1, 0.15) is 104 Å². The average molecular weight is 420 g/mol. The van der Waals surface area contributed by atoms with E-state index in [1.165, 1.54) is 77.0 Å². The Labute approximate surface area is 192 Å². The van der Waals surface area contributed by atoms with E-state index in [1.54, 1.807) is 6.08 Å². The van der Waals surface area contributed by atoms with Gasteiger partial charge in [0.05, 0.1) is 0 Å². The van der Waals surface area contributed by atoms with Crippen LogP contribution >= 0.6 is 0 Å². The van der Waals surface area contributed by atoms with Crippen LogP contribution in [0.15, 0.2) is 12.7 Å². The Morgan fingerprint density at radius 2 is 1.11 bits per heavy atom. The van der Waals surface area contributed by atoms with Gasteiger partial charge in [0.2, 0.25) is 0 Å². The van der Waals surface area contributed by atoms with Gasteiger partial charge in [0, 0.05) is 0 Å². The maximum absolute atomic E-state index is 8.74. The summed E-state index contributed by atoms with van der Waals surface area (Å²) in [5, 5.41) is 0. The normalized spacial score (nSPS) is 9.30. The predicted octanol–water partition coefficient (Wildman–Crippen LogP) is 3.42. The zero-order chi connectivity index (χ0) is 21.1. The van der Waals surface area contributed by atoms with Crippen LogP contribution in [0.5, 0.6) is 0 Å². The van der Waals surface area contributed by atoms with E-state index in [0.717, 1.165) is 13.0 Å². The molecule has 0 unspecified atom stereocenters. The van der Waals surface area contributed by atoms with Gasteiger partial charge in [0.15, 0.2) is 0 Å². The minimum atomic E-state index is -4.67. The Balaban J connectivity index is -0.0000000907. The van der Waals surface area contributed by atoms with Gasteiger partial charge in [0.25, 0.3) is 0 Å². The summed E-state index contributed by atoms with van der Waals surface area (Å²) in [5.41, 5.74) is 5.21. The largest absolute Gasteiger partial charge is 1.00 e. The van der Waals surface area contributed by atoms with Crippen molar-refractivity contribution in [1.82, 2.24) is 0 Å². The molecule has 0 bridgehead atoms. The van der Waals surface area contributed by atoms with Crippen molar-refractivity contribution in [3.63, 3.8) is 0 Å². The summed E-state index contributed by atoms with van der Waals surface area (Å²) >= 11 is 0. The van der Waals surface area contributed by atoms with Crippen LogP contribution in [-0.4, -0.2) is 24.1 Å². The first kappa shape index (κ1) is 38.2. The number of hydrogen-bond donors (Lipinski definition) is 3. The molecule has 0 aromatic heterocycles. The van der Waals surface area contributed by atoms with Gasteiger partial charge in [-0.05, 0) is 19.9 Å². The second-order valence-electron chi connectivity index (χ2n) is 6.03. The van der Waals surface area contributed by atoms with Crippen molar-refractivity contribution in [2.75, 3.05) is 6.54 Å². The number of rotatable bonds is 12. The van der Waals surface area contributed by atoms with Crippen LogP contribution in [0.3, 0.4) is 0 Å². The summed E-state index contributed by atoms with van der Waals surface area (Å²) in [7, 11) is -4.67. The van der Waals surface area contributed by atoms with Crippen LogP contribution < -0.4 is 35.3 Å². The molecule has 0 aliphatic heterocycles. The molecule has 0 aromatic rings. The molecule has 27 heavy (non-hydrogen) atoms. The Bertz CT molecular complexity index is 304. The molecule has 0 aliphatic rings. The molecule has 0 fully saturated rings. The van der Waals surface area contributed by atoms with Crippen molar-refractivity contribution in [2.24, 2.45) is 5.73 Å². The first-order valence-electron chi connectivity index (χ1n) is 10.0. The van der Waals surface area contributed by atoms with Crippen molar-refractivity contribution in [1.29, 1.82) is 0 Å². The molecule has 0 spiro atoms. The number of unbranched alkanes of at least 4 members (excludes halogenated alkanes) is 11. The van der Waals surface area contributed by atoms with Gasteiger partial charge < -0.3 is 12.7 Å². The maximum atomic E-state index is 8.74. The number of nitrogens with two attached hydrogens (primary N) is 1. The Morgan fingerprint density at radius 1 is 0.852 bits per heavy atom. The molecule has 0 saturated carbocycles. The summed E-state index contributed by atoms with van der Waals surface area (Å²) < 4.78 is 31.6.